The summed E-state index contributed by atoms with van der Waals surface area (Å²) in [6.07, 6.45) is 0.882. The van der Waals surface area contributed by atoms with Gasteiger partial charge in [0.05, 0.1) is 15.9 Å². The molecule has 2 aromatic heterocycles. The van der Waals surface area contributed by atoms with E-state index in [9.17, 15) is 4.79 Å². The summed E-state index contributed by atoms with van der Waals surface area (Å²) >= 11 is 1.66. The van der Waals surface area contributed by atoms with Gasteiger partial charge in [-0.15, -0.1) is 11.3 Å². The number of aryl methyl sites for hydroxylation is 1. The fraction of sp³-hybridized carbons (Fsp3) is 0.125. The monoisotopic (exact) mass is 165 g/mol. The zero-order chi connectivity index (χ0) is 7.84. The number of aldehydes is 1. The van der Waals surface area contributed by atoms with Crippen LogP contribution in [-0.2, 0) is 7.05 Å². The Balaban J connectivity index is 2.86. The van der Waals surface area contributed by atoms with Crippen molar-refractivity contribution in [2.75, 3.05) is 0 Å². The van der Waals surface area contributed by atoms with Crippen molar-refractivity contribution in [3.63, 3.8) is 0 Å². The lowest BCUT2D eigenvalue weighted by Crippen LogP contribution is -1.92. The Morgan fingerprint density at radius 1 is 1.64 bits per heavy atom. The molecular weight excluding hydrogens is 158 g/mol. The van der Waals surface area contributed by atoms with Gasteiger partial charge in [-0.2, -0.15) is 0 Å². The van der Waals surface area contributed by atoms with Crippen LogP contribution >= 0.6 is 11.3 Å². The Kier molecular flexibility index (Phi) is 1.32. The summed E-state index contributed by atoms with van der Waals surface area (Å²) in [4.78, 5) is 10.5. The molecule has 2 nitrogen and oxygen atoms in total. The number of carbonyl (C=O) groups is 1. The summed E-state index contributed by atoms with van der Waals surface area (Å²) in [5.74, 6) is 0. The highest BCUT2D eigenvalue weighted by atomic mass is 32.1. The summed E-state index contributed by atoms with van der Waals surface area (Å²) < 4.78 is 3.08. The van der Waals surface area contributed by atoms with Crippen molar-refractivity contribution < 1.29 is 4.79 Å². The molecule has 0 aliphatic heterocycles. The number of carbonyl (C=O) groups excluding carboxylic acids is 1. The molecule has 11 heavy (non-hydrogen) atoms. The van der Waals surface area contributed by atoms with E-state index in [0.717, 1.165) is 17.5 Å². The van der Waals surface area contributed by atoms with Crippen LogP contribution in [0.5, 0.6) is 0 Å². The molecule has 0 saturated carbocycles. The Hall–Kier alpha value is -1.09. The van der Waals surface area contributed by atoms with Crippen molar-refractivity contribution >= 4 is 27.8 Å². The van der Waals surface area contributed by atoms with E-state index in [0.29, 0.717) is 0 Å². The SMILES string of the molecule is Cn1c(C=O)cc2sccc21. The van der Waals surface area contributed by atoms with Gasteiger partial charge in [-0.05, 0) is 17.5 Å². The zero-order valence-electron chi connectivity index (χ0n) is 6.07. The van der Waals surface area contributed by atoms with Crippen LogP contribution in [0.4, 0.5) is 0 Å². The summed E-state index contributed by atoms with van der Waals surface area (Å²) in [5, 5.41) is 2.03. The van der Waals surface area contributed by atoms with E-state index in [1.165, 1.54) is 4.70 Å². The van der Waals surface area contributed by atoms with Crippen molar-refractivity contribution in [2.45, 2.75) is 0 Å². The standard InChI is InChI=1S/C8H7NOS/c1-9-6(5-10)4-8-7(9)2-3-11-8/h2-5H,1H3. The van der Waals surface area contributed by atoms with E-state index in [4.69, 9.17) is 0 Å². The third-order valence-electron chi connectivity index (χ3n) is 1.82. The number of nitrogens with zero attached hydrogens (tertiary/aromatic N) is 1. The van der Waals surface area contributed by atoms with Gasteiger partial charge in [0.15, 0.2) is 6.29 Å². The molecule has 3 heteroatoms. The van der Waals surface area contributed by atoms with Crippen LogP contribution in [-0.4, -0.2) is 10.9 Å². The fourth-order valence-electron chi connectivity index (χ4n) is 1.18. The minimum Gasteiger partial charge on any atom is -0.341 e. The van der Waals surface area contributed by atoms with Crippen molar-refractivity contribution in [3.8, 4) is 0 Å². The highest BCUT2D eigenvalue weighted by Crippen LogP contribution is 2.22. The highest BCUT2D eigenvalue weighted by Gasteiger charge is 2.03. The number of hydrogen-bond donors (Lipinski definition) is 0. The van der Waals surface area contributed by atoms with Gasteiger partial charge in [0.25, 0.3) is 0 Å². The van der Waals surface area contributed by atoms with Gasteiger partial charge in [0.1, 0.15) is 0 Å². The van der Waals surface area contributed by atoms with E-state index >= 15 is 0 Å². The first-order valence-corrected chi connectivity index (χ1v) is 4.19. The second-order valence-corrected chi connectivity index (χ2v) is 3.36. The number of fused-ring (bicyclic) bond motifs is 1. The van der Waals surface area contributed by atoms with Gasteiger partial charge >= 0.3 is 0 Å². The van der Waals surface area contributed by atoms with Gasteiger partial charge in [-0.1, -0.05) is 0 Å². The molecular formula is C8H7NOS. The van der Waals surface area contributed by atoms with Crippen LogP contribution in [0.25, 0.3) is 10.2 Å². The number of aromatic nitrogens is 1. The predicted molar refractivity (Wildman–Crippen MR) is 46.2 cm³/mol. The maximum absolute atomic E-state index is 10.5. The fourth-order valence-corrected chi connectivity index (χ4v) is 2.04. The zero-order valence-corrected chi connectivity index (χ0v) is 6.89. The van der Waals surface area contributed by atoms with Gasteiger partial charge < -0.3 is 4.57 Å². The van der Waals surface area contributed by atoms with Crippen LogP contribution in [0.15, 0.2) is 17.5 Å². The average Bonchev–Trinajstić information content (AvgIpc) is 2.53. The molecule has 2 rings (SSSR count). The predicted octanol–water partition coefficient (Wildman–Crippen LogP) is 2.05. The maximum atomic E-state index is 10.5. The molecule has 0 unspecified atom stereocenters. The maximum Gasteiger partial charge on any atom is 0.166 e. The first kappa shape index (κ1) is 6.61. The normalized spacial score (nSPS) is 10.6. The molecule has 2 heterocycles. The first-order chi connectivity index (χ1) is 5.33. The Bertz CT molecular complexity index is 399. The van der Waals surface area contributed by atoms with Gasteiger partial charge in [-0.3, -0.25) is 4.79 Å². The number of rotatable bonds is 1. The average molecular weight is 165 g/mol. The van der Waals surface area contributed by atoms with Crippen LogP contribution in [0.1, 0.15) is 10.5 Å². The molecule has 0 bridgehead atoms. The second kappa shape index (κ2) is 2.20. The lowest BCUT2D eigenvalue weighted by Gasteiger charge is -1.92. The summed E-state index contributed by atoms with van der Waals surface area (Å²) in [6.45, 7) is 0. The lowest BCUT2D eigenvalue weighted by molar-refractivity contribution is 0.111. The third kappa shape index (κ3) is 0.811. The van der Waals surface area contributed by atoms with Crippen LogP contribution < -0.4 is 0 Å². The van der Waals surface area contributed by atoms with E-state index in [2.05, 4.69) is 0 Å². The van der Waals surface area contributed by atoms with Crippen molar-refractivity contribution in [1.29, 1.82) is 0 Å². The third-order valence-corrected chi connectivity index (χ3v) is 2.67. The molecule has 0 aromatic carbocycles. The molecule has 56 valence electrons. The van der Waals surface area contributed by atoms with Gasteiger partial charge in [-0.25, -0.2) is 0 Å². The van der Waals surface area contributed by atoms with Crippen molar-refractivity contribution in [3.05, 3.63) is 23.2 Å². The van der Waals surface area contributed by atoms with E-state index in [1.807, 2.05) is 29.1 Å². The minimum atomic E-state index is 0.742. The molecule has 0 radical (unpaired) electrons. The summed E-state index contributed by atoms with van der Waals surface area (Å²) in [6, 6.07) is 3.93. The second-order valence-electron chi connectivity index (χ2n) is 2.42. The highest BCUT2D eigenvalue weighted by molar-refractivity contribution is 7.17. The number of thiophene rings is 1. The van der Waals surface area contributed by atoms with Gasteiger partial charge in [0.2, 0.25) is 0 Å². The summed E-state index contributed by atoms with van der Waals surface area (Å²) in [7, 11) is 1.90. The molecule has 0 N–H and O–H groups in total. The molecule has 0 fully saturated rings. The molecule has 0 aliphatic carbocycles. The van der Waals surface area contributed by atoms with E-state index in [-0.39, 0.29) is 0 Å². The smallest absolute Gasteiger partial charge is 0.166 e. The largest absolute Gasteiger partial charge is 0.341 e. The lowest BCUT2D eigenvalue weighted by atomic mass is 10.5. The molecule has 0 saturated heterocycles. The molecule has 0 atom stereocenters. The van der Waals surface area contributed by atoms with Crippen LogP contribution in [0, 0.1) is 0 Å². The Morgan fingerprint density at radius 3 is 3.09 bits per heavy atom. The molecule has 2 aromatic rings. The van der Waals surface area contributed by atoms with E-state index < -0.39 is 0 Å². The number of hydrogen-bond acceptors (Lipinski definition) is 2. The van der Waals surface area contributed by atoms with E-state index in [1.54, 1.807) is 11.3 Å². The molecule has 0 amide bonds. The quantitative estimate of drug-likeness (QED) is 0.593. The van der Waals surface area contributed by atoms with Crippen molar-refractivity contribution in [1.82, 2.24) is 4.57 Å². The van der Waals surface area contributed by atoms with Crippen molar-refractivity contribution in [2.24, 2.45) is 7.05 Å². The molecule has 0 aliphatic rings. The van der Waals surface area contributed by atoms with Crippen LogP contribution in [0.2, 0.25) is 0 Å². The topological polar surface area (TPSA) is 22.0 Å². The Morgan fingerprint density at radius 2 is 2.45 bits per heavy atom. The van der Waals surface area contributed by atoms with Crippen LogP contribution in [0.3, 0.4) is 0 Å². The summed E-state index contributed by atoms with van der Waals surface area (Å²) in [5.41, 5.74) is 1.88. The Labute approximate surface area is 68.1 Å². The van der Waals surface area contributed by atoms with Gasteiger partial charge in [0, 0.05) is 7.05 Å². The first-order valence-electron chi connectivity index (χ1n) is 3.31. The molecule has 0 spiro atoms. The minimum absolute atomic E-state index is 0.742.